The van der Waals surface area contributed by atoms with Gasteiger partial charge in [-0.2, -0.15) is 4.57 Å². The third-order valence-electron chi connectivity index (χ3n) is 6.40. The van der Waals surface area contributed by atoms with Crippen molar-refractivity contribution in [1.82, 2.24) is 0 Å². The summed E-state index contributed by atoms with van der Waals surface area (Å²) in [7, 11) is 1.89. The average Bonchev–Trinajstić information content (AvgIpc) is 3.17. The molecule has 2 heterocycles. The number of benzene rings is 2. The molecule has 4 aromatic rings. The molecule has 2 aromatic carbocycles. The zero-order chi connectivity index (χ0) is 23.5. The Morgan fingerprint density at radius 3 is 2.67 bits per heavy atom. The minimum atomic E-state index is -0.902. The lowest BCUT2D eigenvalue weighted by Gasteiger charge is -2.22. The topological polar surface area (TPSA) is 21.4 Å². The first-order valence-electron chi connectivity index (χ1n) is 12.1. The number of hydrogen-bond donors (Lipinski definition) is 0. The van der Waals surface area contributed by atoms with Crippen molar-refractivity contribution < 1.29 is 13.1 Å². The highest BCUT2D eigenvalue weighted by molar-refractivity contribution is 6.10. The van der Waals surface area contributed by atoms with Crippen LogP contribution < -0.4 is 4.57 Å². The molecule has 150 valence electrons. The monoisotopic (exact) mass is 398 g/mol. The van der Waals surface area contributed by atoms with E-state index in [1.54, 1.807) is 6.07 Å². The highest BCUT2D eigenvalue weighted by Crippen LogP contribution is 2.40. The normalized spacial score (nSPS) is 17.5. The Balaban J connectivity index is 1.87. The van der Waals surface area contributed by atoms with E-state index < -0.39 is 5.89 Å². The third-order valence-corrected chi connectivity index (χ3v) is 6.40. The van der Waals surface area contributed by atoms with Gasteiger partial charge in [-0.25, -0.2) is 4.85 Å². The number of pyridine rings is 1. The lowest BCUT2D eigenvalue weighted by Crippen LogP contribution is -2.35. The molecule has 2 aromatic heterocycles. The molecule has 0 radical (unpaired) electrons. The van der Waals surface area contributed by atoms with E-state index in [2.05, 4.69) is 4.85 Å². The van der Waals surface area contributed by atoms with Gasteiger partial charge in [0, 0.05) is 31.2 Å². The molecule has 1 fully saturated rings. The largest absolute Gasteiger partial charge is 0.455 e. The van der Waals surface area contributed by atoms with Gasteiger partial charge in [-0.05, 0) is 48.9 Å². The summed E-state index contributed by atoms with van der Waals surface area (Å²) in [5, 5.41) is 1.79. The molecule has 1 aliphatic rings. The summed E-state index contributed by atoms with van der Waals surface area (Å²) in [5.74, 6) is -0.902. The molecule has 0 atom stereocenters. The molecule has 30 heavy (non-hydrogen) atoms. The molecule has 0 aliphatic heterocycles. The Kier molecular flexibility index (Phi) is 3.81. The van der Waals surface area contributed by atoms with Crippen LogP contribution in [0, 0.1) is 20.4 Å². The molecule has 0 N–H and O–H groups in total. The first kappa shape index (κ1) is 15.7. The smallest absolute Gasteiger partial charge is 0.216 e. The van der Waals surface area contributed by atoms with E-state index in [1.165, 1.54) is 0 Å². The summed E-state index contributed by atoms with van der Waals surface area (Å²) < 4.78 is 35.5. The number of fused-ring (bicyclic) bond motifs is 3. The summed E-state index contributed by atoms with van der Waals surface area (Å²) >= 11 is 0. The van der Waals surface area contributed by atoms with E-state index in [4.69, 9.17) is 12.4 Å². The maximum absolute atomic E-state index is 9.25. The van der Waals surface area contributed by atoms with Gasteiger partial charge in [0.15, 0.2) is 11.4 Å². The van der Waals surface area contributed by atoms with Gasteiger partial charge in [0.05, 0.1) is 14.9 Å². The van der Waals surface area contributed by atoms with Crippen LogP contribution in [0.3, 0.4) is 0 Å². The second-order valence-electron chi connectivity index (χ2n) is 8.31. The molecule has 0 unspecified atom stereocenters. The zero-order valence-electron chi connectivity index (χ0n) is 20.7. The molecule has 0 amide bonds. The van der Waals surface area contributed by atoms with E-state index in [-0.39, 0.29) is 6.04 Å². The van der Waals surface area contributed by atoms with Crippen molar-refractivity contribution in [3.63, 3.8) is 0 Å². The fourth-order valence-corrected chi connectivity index (χ4v) is 4.59. The van der Waals surface area contributed by atoms with Crippen molar-refractivity contribution in [3.05, 3.63) is 70.7 Å². The maximum Gasteiger partial charge on any atom is 0.216 e. The van der Waals surface area contributed by atoms with Crippen LogP contribution in [-0.2, 0) is 7.05 Å². The molecule has 3 nitrogen and oxygen atoms in total. The van der Waals surface area contributed by atoms with E-state index in [0.29, 0.717) is 47.0 Å². The summed E-state index contributed by atoms with van der Waals surface area (Å²) in [4.78, 5) is 3.56. The maximum atomic E-state index is 9.25. The summed E-state index contributed by atoms with van der Waals surface area (Å²) in [6.45, 7) is 11.3. The molecule has 1 aliphatic carbocycles. The Bertz CT molecular complexity index is 1470. The van der Waals surface area contributed by atoms with Crippen LogP contribution in [-0.4, -0.2) is 0 Å². The fraction of sp³-hybridized carbons (Fsp3) is 0.333. The fourth-order valence-electron chi connectivity index (χ4n) is 4.59. The second kappa shape index (κ2) is 7.29. The standard InChI is InChI=1S/C27H27N2O/c1-17-10-12-22-23-16-21(28-3)11-13-25(23)30-27(22)26(17)24-15-20(14-18(2)29(24)4)19-8-6-5-7-9-19/h10-16,19H,5-9H2,1-2,4H3/q+1/i14D,15D,19D. The summed E-state index contributed by atoms with van der Waals surface area (Å²) in [5.41, 5.74) is 5.71. The van der Waals surface area contributed by atoms with Gasteiger partial charge in [0.1, 0.15) is 18.2 Å². The Morgan fingerprint density at radius 2 is 1.90 bits per heavy atom. The van der Waals surface area contributed by atoms with Crippen molar-refractivity contribution >= 4 is 27.6 Å². The van der Waals surface area contributed by atoms with Crippen LogP contribution in [0.2, 0.25) is 0 Å². The number of hydrogen-bond acceptors (Lipinski definition) is 1. The van der Waals surface area contributed by atoms with E-state index in [9.17, 15) is 2.74 Å². The molecule has 1 saturated carbocycles. The van der Waals surface area contributed by atoms with Gasteiger partial charge < -0.3 is 4.42 Å². The zero-order valence-corrected chi connectivity index (χ0v) is 17.7. The molecule has 0 saturated heterocycles. The van der Waals surface area contributed by atoms with Crippen molar-refractivity contribution in [2.45, 2.75) is 51.8 Å². The molecule has 3 heteroatoms. The molecule has 0 bridgehead atoms. The molecule has 0 spiro atoms. The first-order chi connectivity index (χ1) is 15.8. The van der Waals surface area contributed by atoms with E-state index in [1.807, 2.05) is 49.7 Å². The minimum absolute atomic E-state index is 0.253. The van der Waals surface area contributed by atoms with Gasteiger partial charge in [-0.3, -0.25) is 0 Å². The van der Waals surface area contributed by atoms with Crippen LogP contribution in [0.25, 0.3) is 38.0 Å². The van der Waals surface area contributed by atoms with Crippen molar-refractivity contribution in [3.8, 4) is 11.3 Å². The Hall–Kier alpha value is -3.12. The molecule has 5 rings (SSSR count). The van der Waals surface area contributed by atoms with Crippen LogP contribution in [0.15, 0.2) is 46.8 Å². The van der Waals surface area contributed by atoms with Gasteiger partial charge in [-0.1, -0.05) is 37.5 Å². The average molecular weight is 399 g/mol. The van der Waals surface area contributed by atoms with Crippen LogP contribution in [0.1, 0.15) is 58.9 Å². The summed E-state index contributed by atoms with van der Waals surface area (Å²) in [6.07, 6.45) is 4.39. The minimum Gasteiger partial charge on any atom is -0.455 e. The van der Waals surface area contributed by atoms with Gasteiger partial charge in [-0.15, -0.1) is 0 Å². The predicted molar refractivity (Wildman–Crippen MR) is 122 cm³/mol. The highest BCUT2D eigenvalue weighted by atomic mass is 16.3. The quantitative estimate of drug-likeness (QED) is 0.256. The van der Waals surface area contributed by atoms with Crippen LogP contribution in [0.5, 0.6) is 0 Å². The number of rotatable bonds is 2. The Labute approximate surface area is 182 Å². The van der Waals surface area contributed by atoms with E-state index >= 15 is 0 Å². The Morgan fingerprint density at radius 1 is 1.10 bits per heavy atom. The number of nitrogens with zero attached hydrogens (tertiary/aromatic N) is 2. The molecular weight excluding hydrogens is 368 g/mol. The van der Waals surface area contributed by atoms with Gasteiger partial charge in [0.2, 0.25) is 5.69 Å². The second-order valence-corrected chi connectivity index (χ2v) is 8.31. The summed E-state index contributed by atoms with van der Waals surface area (Å²) in [6, 6.07) is 10.0. The molecular formula is C27H27N2O+. The van der Waals surface area contributed by atoms with Crippen LogP contribution >= 0.6 is 0 Å². The van der Waals surface area contributed by atoms with Crippen molar-refractivity contribution in [1.29, 1.82) is 0 Å². The number of furan rings is 1. The number of aryl methyl sites for hydroxylation is 1. The first-order valence-corrected chi connectivity index (χ1v) is 10.6. The predicted octanol–water partition coefficient (Wildman–Crippen LogP) is 7.29. The third kappa shape index (κ3) is 2.99. The highest BCUT2D eigenvalue weighted by Gasteiger charge is 2.25. The van der Waals surface area contributed by atoms with Crippen LogP contribution in [0.4, 0.5) is 5.69 Å². The lowest BCUT2D eigenvalue weighted by molar-refractivity contribution is -0.666. The number of aromatic nitrogens is 1. The van der Waals surface area contributed by atoms with Crippen molar-refractivity contribution in [2.24, 2.45) is 7.05 Å². The van der Waals surface area contributed by atoms with E-state index in [0.717, 1.165) is 46.9 Å². The van der Waals surface area contributed by atoms with Gasteiger partial charge >= 0.3 is 0 Å². The van der Waals surface area contributed by atoms with Gasteiger partial charge in [0.25, 0.3) is 0 Å². The lowest BCUT2D eigenvalue weighted by atomic mass is 9.83. The van der Waals surface area contributed by atoms with Crippen molar-refractivity contribution in [2.75, 3.05) is 0 Å². The SMILES string of the molecule is [2H]c1c(C2([2H])CCCCC2)c([2H])c(-c2c(C)ccc3c2oc2ccc([N+]#[C-])cc23)[n+](C)c1C.